The van der Waals surface area contributed by atoms with E-state index in [9.17, 15) is 0 Å². The molecule has 0 bridgehead atoms. The molecule has 5 nitrogen and oxygen atoms in total. The largest absolute Gasteiger partial charge is 0.486 e. The molecular formula is C14H22N2O3. The van der Waals surface area contributed by atoms with Crippen LogP contribution in [0.1, 0.15) is 32.4 Å². The lowest BCUT2D eigenvalue weighted by Crippen LogP contribution is -2.44. The van der Waals surface area contributed by atoms with E-state index < -0.39 is 5.60 Å². The van der Waals surface area contributed by atoms with Crippen LogP contribution < -0.4 is 20.7 Å². The summed E-state index contributed by atoms with van der Waals surface area (Å²) in [6.07, 6.45) is 0. The lowest BCUT2D eigenvalue weighted by atomic mass is 9.92. The summed E-state index contributed by atoms with van der Waals surface area (Å²) in [6, 6.07) is 5.73. The van der Waals surface area contributed by atoms with Gasteiger partial charge in [-0.1, -0.05) is 6.07 Å². The Morgan fingerprint density at radius 2 is 2.00 bits per heavy atom. The zero-order chi connectivity index (χ0) is 13.9. The molecule has 0 spiro atoms. The first-order chi connectivity index (χ1) is 9.08. The van der Waals surface area contributed by atoms with Crippen molar-refractivity contribution in [2.45, 2.75) is 32.4 Å². The van der Waals surface area contributed by atoms with Gasteiger partial charge in [-0.3, -0.25) is 11.3 Å². The average Bonchev–Trinajstić information content (AvgIpc) is 2.39. The molecule has 0 radical (unpaired) electrons. The monoisotopic (exact) mass is 266 g/mol. The first-order valence-electron chi connectivity index (χ1n) is 6.58. The molecule has 2 rings (SSSR count). The molecule has 1 aliphatic heterocycles. The number of hydrogen-bond donors (Lipinski definition) is 2. The van der Waals surface area contributed by atoms with Crippen LogP contribution in [0.2, 0.25) is 0 Å². The highest BCUT2D eigenvalue weighted by atomic mass is 16.6. The van der Waals surface area contributed by atoms with Gasteiger partial charge in [0.15, 0.2) is 11.5 Å². The van der Waals surface area contributed by atoms with E-state index in [2.05, 4.69) is 5.43 Å². The Hall–Kier alpha value is -1.30. The van der Waals surface area contributed by atoms with Crippen molar-refractivity contribution in [3.63, 3.8) is 0 Å². The van der Waals surface area contributed by atoms with E-state index in [-0.39, 0.29) is 6.04 Å². The molecule has 1 atom stereocenters. The number of nitrogens with one attached hydrogen (secondary N) is 1. The van der Waals surface area contributed by atoms with Crippen LogP contribution in [0.5, 0.6) is 11.5 Å². The minimum Gasteiger partial charge on any atom is -0.486 e. The van der Waals surface area contributed by atoms with E-state index in [1.807, 2.05) is 39.0 Å². The molecule has 106 valence electrons. The molecule has 0 aliphatic carbocycles. The summed E-state index contributed by atoms with van der Waals surface area (Å²) in [5.41, 5.74) is 3.44. The molecule has 1 aromatic rings. The van der Waals surface area contributed by atoms with Gasteiger partial charge >= 0.3 is 0 Å². The molecular weight excluding hydrogens is 244 g/mol. The zero-order valence-electron chi connectivity index (χ0n) is 11.7. The van der Waals surface area contributed by atoms with Crippen molar-refractivity contribution < 1.29 is 14.2 Å². The summed E-state index contributed by atoms with van der Waals surface area (Å²) in [4.78, 5) is 0. The predicted octanol–water partition coefficient (Wildman–Crippen LogP) is 1.78. The fourth-order valence-electron chi connectivity index (χ4n) is 2.39. The molecule has 1 aromatic carbocycles. The second kappa shape index (κ2) is 5.77. The van der Waals surface area contributed by atoms with Crippen LogP contribution >= 0.6 is 0 Å². The number of ether oxygens (including phenoxy) is 3. The standard InChI is InChI=1S/C14H22N2O3/c1-4-19-14(2,3)13(16-15)10-5-6-11-12(9-10)18-8-7-17-11/h5-6,9,13,16H,4,7-8,15H2,1-3H3. The van der Waals surface area contributed by atoms with Gasteiger partial charge in [-0.25, -0.2) is 0 Å². The highest BCUT2D eigenvalue weighted by Crippen LogP contribution is 2.36. The number of hydrazine groups is 1. The molecule has 19 heavy (non-hydrogen) atoms. The smallest absolute Gasteiger partial charge is 0.161 e. The third kappa shape index (κ3) is 3.00. The minimum atomic E-state index is -0.409. The van der Waals surface area contributed by atoms with Crippen LogP contribution in [-0.2, 0) is 4.74 Å². The molecule has 3 N–H and O–H groups in total. The first-order valence-corrected chi connectivity index (χ1v) is 6.58. The Labute approximate surface area is 114 Å². The van der Waals surface area contributed by atoms with Crippen molar-refractivity contribution in [2.24, 2.45) is 5.84 Å². The summed E-state index contributed by atoms with van der Waals surface area (Å²) in [5, 5.41) is 0. The maximum absolute atomic E-state index is 5.77. The summed E-state index contributed by atoms with van der Waals surface area (Å²) in [7, 11) is 0. The molecule has 0 fully saturated rings. The molecule has 0 aromatic heterocycles. The van der Waals surface area contributed by atoms with Gasteiger partial charge in [0.1, 0.15) is 13.2 Å². The molecule has 1 heterocycles. The second-order valence-electron chi connectivity index (χ2n) is 5.04. The Morgan fingerprint density at radius 1 is 1.32 bits per heavy atom. The number of rotatable bonds is 5. The van der Waals surface area contributed by atoms with Crippen LogP contribution in [0.15, 0.2) is 18.2 Å². The van der Waals surface area contributed by atoms with Crippen molar-refractivity contribution in [1.82, 2.24) is 5.43 Å². The lowest BCUT2D eigenvalue weighted by molar-refractivity contribution is -0.0393. The van der Waals surface area contributed by atoms with E-state index in [0.29, 0.717) is 19.8 Å². The Bertz CT molecular complexity index is 435. The maximum Gasteiger partial charge on any atom is 0.161 e. The normalized spacial score (nSPS) is 16.2. The van der Waals surface area contributed by atoms with Gasteiger partial charge < -0.3 is 14.2 Å². The minimum absolute atomic E-state index is 0.122. The van der Waals surface area contributed by atoms with E-state index in [1.54, 1.807) is 0 Å². The number of benzene rings is 1. The van der Waals surface area contributed by atoms with Gasteiger partial charge in [0, 0.05) is 6.61 Å². The van der Waals surface area contributed by atoms with Gasteiger partial charge in [0.05, 0.1) is 11.6 Å². The van der Waals surface area contributed by atoms with Crippen molar-refractivity contribution in [1.29, 1.82) is 0 Å². The fraction of sp³-hybridized carbons (Fsp3) is 0.571. The van der Waals surface area contributed by atoms with Crippen LogP contribution in [-0.4, -0.2) is 25.4 Å². The van der Waals surface area contributed by atoms with Crippen molar-refractivity contribution in [2.75, 3.05) is 19.8 Å². The summed E-state index contributed by atoms with van der Waals surface area (Å²) in [5.74, 6) is 7.23. The van der Waals surface area contributed by atoms with Gasteiger partial charge in [-0.05, 0) is 38.5 Å². The van der Waals surface area contributed by atoms with E-state index in [1.165, 1.54) is 0 Å². The highest BCUT2D eigenvalue weighted by molar-refractivity contribution is 5.45. The van der Waals surface area contributed by atoms with Crippen LogP contribution in [0.3, 0.4) is 0 Å². The third-order valence-corrected chi connectivity index (χ3v) is 3.28. The molecule has 0 saturated carbocycles. The third-order valence-electron chi connectivity index (χ3n) is 3.28. The van der Waals surface area contributed by atoms with E-state index in [0.717, 1.165) is 17.1 Å². The summed E-state index contributed by atoms with van der Waals surface area (Å²) < 4.78 is 16.9. The molecule has 1 unspecified atom stereocenters. The van der Waals surface area contributed by atoms with Crippen LogP contribution in [0, 0.1) is 0 Å². The van der Waals surface area contributed by atoms with Crippen LogP contribution in [0.25, 0.3) is 0 Å². The van der Waals surface area contributed by atoms with Gasteiger partial charge in [0.25, 0.3) is 0 Å². The van der Waals surface area contributed by atoms with Gasteiger partial charge in [-0.2, -0.15) is 0 Å². The molecule has 0 saturated heterocycles. The number of nitrogens with two attached hydrogens (primary N) is 1. The van der Waals surface area contributed by atoms with Crippen molar-refractivity contribution >= 4 is 0 Å². The van der Waals surface area contributed by atoms with E-state index in [4.69, 9.17) is 20.1 Å². The van der Waals surface area contributed by atoms with Crippen molar-refractivity contribution in [3.8, 4) is 11.5 Å². The lowest BCUT2D eigenvalue weighted by Gasteiger charge is -2.34. The van der Waals surface area contributed by atoms with Gasteiger partial charge in [0.2, 0.25) is 0 Å². The molecule has 0 amide bonds. The Morgan fingerprint density at radius 3 is 2.63 bits per heavy atom. The number of fused-ring (bicyclic) bond motifs is 1. The van der Waals surface area contributed by atoms with Gasteiger partial charge in [-0.15, -0.1) is 0 Å². The predicted molar refractivity (Wildman–Crippen MR) is 73.2 cm³/mol. The first kappa shape index (κ1) is 14.1. The summed E-state index contributed by atoms with van der Waals surface area (Å²) in [6.45, 7) is 7.80. The number of hydrogen-bond acceptors (Lipinski definition) is 5. The molecule has 5 heteroatoms. The van der Waals surface area contributed by atoms with E-state index >= 15 is 0 Å². The van der Waals surface area contributed by atoms with Crippen LogP contribution in [0.4, 0.5) is 0 Å². The maximum atomic E-state index is 5.77. The SMILES string of the molecule is CCOC(C)(C)C(NN)c1ccc2c(c1)OCCO2. The second-order valence-corrected chi connectivity index (χ2v) is 5.04. The summed E-state index contributed by atoms with van der Waals surface area (Å²) >= 11 is 0. The molecule has 1 aliphatic rings. The Kier molecular flexibility index (Phi) is 4.29. The van der Waals surface area contributed by atoms with Crippen molar-refractivity contribution in [3.05, 3.63) is 23.8 Å². The average molecular weight is 266 g/mol. The highest BCUT2D eigenvalue weighted by Gasteiger charge is 2.31. The fourth-order valence-corrected chi connectivity index (χ4v) is 2.39. The zero-order valence-corrected chi connectivity index (χ0v) is 11.7. The topological polar surface area (TPSA) is 65.7 Å². The Balaban J connectivity index is 2.28. The quantitative estimate of drug-likeness (QED) is 0.628.